The van der Waals surface area contributed by atoms with E-state index in [9.17, 15) is 0 Å². The number of nitrogens with one attached hydrogen (secondary N) is 2. The Labute approximate surface area is 158 Å². The number of hydrogen-bond acceptors (Lipinski definition) is 7. The zero-order valence-corrected chi connectivity index (χ0v) is 15.1. The molecule has 138 valence electrons. The highest BCUT2D eigenvalue weighted by atomic mass is 15.2. The van der Waals surface area contributed by atoms with Crippen LogP contribution in [0, 0.1) is 0 Å². The number of benzene rings is 1. The Balaban J connectivity index is 1.29. The first kappa shape index (κ1) is 17.4. The fourth-order valence-corrected chi connectivity index (χ4v) is 3.27. The Morgan fingerprint density at radius 1 is 0.889 bits per heavy atom. The molecule has 0 spiro atoms. The second kappa shape index (κ2) is 8.55. The number of aromatic nitrogens is 4. The maximum Gasteiger partial charge on any atom is 0.228 e. The molecule has 1 saturated heterocycles. The number of hydrogen-bond donors (Lipinski definition) is 2. The van der Waals surface area contributed by atoms with Crippen molar-refractivity contribution in [3.63, 3.8) is 0 Å². The SMILES string of the molecule is c1ccc(CN2CCC(Nc3cc(Nc4ncccn4)ncn3)CC2)cc1. The van der Waals surface area contributed by atoms with Gasteiger partial charge in [0.15, 0.2) is 0 Å². The van der Waals surface area contributed by atoms with Crippen LogP contribution >= 0.6 is 0 Å². The molecule has 1 fully saturated rings. The van der Waals surface area contributed by atoms with Gasteiger partial charge in [0.2, 0.25) is 5.95 Å². The predicted octanol–water partition coefficient (Wildman–Crippen LogP) is 3.09. The van der Waals surface area contributed by atoms with Crippen molar-refractivity contribution in [3.8, 4) is 0 Å². The molecule has 4 rings (SSSR count). The van der Waals surface area contributed by atoms with Crippen LogP contribution in [0.4, 0.5) is 17.6 Å². The molecule has 0 saturated carbocycles. The van der Waals surface area contributed by atoms with Crippen molar-refractivity contribution in [2.24, 2.45) is 0 Å². The average Bonchev–Trinajstić information content (AvgIpc) is 2.71. The summed E-state index contributed by atoms with van der Waals surface area (Å²) in [6.07, 6.45) is 7.14. The molecule has 0 unspecified atom stereocenters. The molecule has 0 aliphatic carbocycles. The highest BCUT2D eigenvalue weighted by Crippen LogP contribution is 2.19. The lowest BCUT2D eigenvalue weighted by Crippen LogP contribution is -2.38. The average molecular weight is 361 g/mol. The second-order valence-electron chi connectivity index (χ2n) is 6.67. The Hall–Kier alpha value is -3.06. The van der Waals surface area contributed by atoms with Gasteiger partial charge < -0.3 is 10.6 Å². The van der Waals surface area contributed by atoms with E-state index in [0.29, 0.717) is 17.8 Å². The van der Waals surface area contributed by atoms with Crippen molar-refractivity contribution >= 4 is 17.6 Å². The molecule has 0 bridgehead atoms. The van der Waals surface area contributed by atoms with E-state index in [1.165, 1.54) is 5.56 Å². The molecule has 7 heteroatoms. The molecule has 0 amide bonds. The minimum Gasteiger partial charge on any atom is -0.367 e. The first-order chi connectivity index (χ1) is 13.3. The van der Waals surface area contributed by atoms with Crippen molar-refractivity contribution < 1.29 is 0 Å². The lowest BCUT2D eigenvalue weighted by atomic mass is 10.0. The lowest BCUT2D eigenvalue weighted by molar-refractivity contribution is 0.211. The third-order valence-corrected chi connectivity index (χ3v) is 4.66. The van der Waals surface area contributed by atoms with E-state index in [1.54, 1.807) is 24.8 Å². The van der Waals surface area contributed by atoms with Crippen molar-refractivity contribution in [1.82, 2.24) is 24.8 Å². The predicted molar refractivity (Wildman–Crippen MR) is 106 cm³/mol. The van der Waals surface area contributed by atoms with E-state index in [-0.39, 0.29) is 0 Å². The van der Waals surface area contributed by atoms with Gasteiger partial charge in [-0.3, -0.25) is 4.90 Å². The number of rotatable bonds is 6. The highest BCUT2D eigenvalue weighted by Gasteiger charge is 2.19. The molecule has 2 N–H and O–H groups in total. The molecule has 7 nitrogen and oxygen atoms in total. The zero-order chi connectivity index (χ0) is 18.3. The van der Waals surface area contributed by atoms with Crippen LogP contribution < -0.4 is 10.6 Å². The van der Waals surface area contributed by atoms with Crippen LogP contribution in [-0.2, 0) is 6.54 Å². The maximum atomic E-state index is 4.35. The van der Waals surface area contributed by atoms with Gasteiger partial charge in [0.25, 0.3) is 0 Å². The van der Waals surface area contributed by atoms with E-state index < -0.39 is 0 Å². The molecule has 1 aromatic carbocycles. The second-order valence-corrected chi connectivity index (χ2v) is 6.67. The third-order valence-electron chi connectivity index (χ3n) is 4.66. The fourth-order valence-electron chi connectivity index (χ4n) is 3.27. The number of piperidine rings is 1. The summed E-state index contributed by atoms with van der Waals surface area (Å²) in [5.41, 5.74) is 1.37. The van der Waals surface area contributed by atoms with Gasteiger partial charge in [-0.05, 0) is 24.5 Å². The summed E-state index contributed by atoms with van der Waals surface area (Å²) in [5.74, 6) is 2.03. The number of nitrogens with zero attached hydrogens (tertiary/aromatic N) is 5. The van der Waals surface area contributed by atoms with E-state index in [1.807, 2.05) is 6.07 Å². The van der Waals surface area contributed by atoms with Crippen LogP contribution in [-0.4, -0.2) is 44.0 Å². The van der Waals surface area contributed by atoms with Gasteiger partial charge in [0.1, 0.15) is 18.0 Å². The molecule has 27 heavy (non-hydrogen) atoms. The van der Waals surface area contributed by atoms with Crippen LogP contribution in [0.5, 0.6) is 0 Å². The molecule has 1 aliphatic rings. The lowest BCUT2D eigenvalue weighted by Gasteiger charge is -2.32. The minimum atomic E-state index is 0.424. The van der Waals surface area contributed by atoms with E-state index in [2.05, 4.69) is 65.8 Å². The van der Waals surface area contributed by atoms with E-state index >= 15 is 0 Å². The Morgan fingerprint density at radius 3 is 2.41 bits per heavy atom. The van der Waals surface area contributed by atoms with Crippen LogP contribution in [0.1, 0.15) is 18.4 Å². The molecule has 1 aliphatic heterocycles. The Kier molecular flexibility index (Phi) is 5.50. The van der Waals surface area contributed by atoms with E-state index in [0.717, 1.165) is 38.3 Å². The Morgan fingerprint density at radius 2 is 1.63 bits per heavy atom. The highest BCUT2D eigenvalue weighted by molar-refractivity contribution is 5.53. The summed E-state index contributed by atoms with van der Waals surface area (Å²) in [4.78, 5) is 19.4. The first-order valence-electron chi connectivity index (χ1n) is 9.24. The monoisotopic (exact) mass is 361 g/mol. The smallest absolute Gasteiger partial charge is 0.228 e. The van der Waals surface area contributed by atoms with Crippen LogP contribution in [0.2, 0.25) is 0 Å². The number of likely N-dealkylation sites (tertiary alicyclic amines) is 1. The summed E-state index contributed by atoms with van der Waals surface area (Å²) in [7, 11) is 0. The van der Waals surface area contributed by atoms with Crippen molar-refractivity contribution in [3.05, 3.63) is 66.7 Å². The molecular formula is C20H23N7. The van der Waals surface area contributed by atoms with Crippen LogP contribution in [0.25, 0.3) is 0 Å². The Bertz CT molecular complexity index is 833. The summed E-state index contributed by atoms with van der Waals surface area (Å²) in [5, 5.41) is 6.63. The van der Waals surface area contributed by atoms with Gasteiger partial charge in [-0.2, -0.15) is 0 Å². The standard InChI is InChI=1S/C20H23N7/c1-2-5-16(6-3-1)14-27-11-7-17(8-12-27)25-18-13-19(24-15-23-18)26-20-21-9-4-10-22-20/h1-6,9-10,13,15,17H,7-8,11-12,14H2,(H2,21,22,23,24,25,26). The molecule has 3 aromatic rings. The summed E-state index contributed by atoms with van der Waals surface area (Å²) < 4.78 is 0. The van der Waals surface area contributed by atoms with Crippen molar-refractivity contribution in [2.45, 2.75) is 25.4 Å². The largest absolute Gasteiger partial charge is 0.367 e. The zero-order valence-electron chi connectivity index (χ0n) is 15.1. The number of anilines is 3. The molecule has 2 aromatic heterocycles. The quantitative estimate of drug-likeness (QED) is 0.698. The molecule has 0 atom stereocenters. The maximum absolute atomic E-state index is 4.35. The van der Waals surface area contributed by atoms with Crippen LogP contribution in [0.3, 0.4) is 0 Å². The summed E-state index contributed by atoms with van der Waals surface area (Å²) in [6.45, 7) is 3.19. The van der Waals surface area contributed by atoms with Gasteiger partial charge in [-0.1, -0.05) is 30.3 Å². The van der Waals surface area contributed by atoms with Gasteiger partial charge in [0, 0.05) is 44.1 Å². The minimum absolute atomic E-state index is 0.424. The van der Waals surface area contributed by atoms with Gasteiger partial charge in [0.05, 0.1) is 0 Å². The van der Waals surface area contributed by atoms with Gasteiger partial charge in [-0.25, -0.2) is 19.9 Å². The molecule has 0 radical (unpaired) electrons. The third kappa shape index (κ3) is 4.98. The van der Waals surface area contributed by atoms with Gasteiger partial charge >= 0.3 is 0 Å². The van der Waals surface area contributed by atoms with Crippen LogP contribution in [0.15, 0.2) is 61.2 Å². The molecule has 3 heterocycles. The topological polar surface area (TPSA) is 78.9 Å². The van der Waals surface area contributed by atoms with E-state index in [4.69, 9.17) is 0 Å². The summed E-state index contributed by atoms with van der Waals surface area (Å²) >= 11 is 0. The van der Waals surface area contributed by atoms with Crippen molar-refractivity contribution in [1.29, 1.82) is 0 Å². The van der Waals surface area contributed by atoms with Gasteiger partial charge in [-0.15, -0.1) is 0 Å². The fraction of sp³-hybridized carbons (Fsp3) is 0.300. The summed E-state index contributed by atoms with van der Waals surface area (Å²) in [6, 6.07) is 14.7. The van der Waals surface area contributed by atoms with Crippen molar-refractivity contribution in [2.75, 3.05) is 23.7 Å². The normalized spacial score (nSPS) is 15.4. The molecular weight excluding hydrogens is 338 g/mol. The first-order valence-corrected chi connectivity index (χ1v) is 9.24.